The van der Waals surface area contributed by atoms with Crippen LogP contribution in [0.5, 0.6) is 0 Å². The molecule has 0 aromatic heterocycles. The Morgan fingerprint density at radius 1 is 1.20 bits per heavy atom. The normalized spacial score (nSPS) is 15.6. The van der Waals surface area contributed by atoms with Crippen LogP contribution in [-0.4, -0.2) is 20.6 Å². The minimum Gasteiger partial charge on any atom is -0.345 e. The van der Waals surface area contributed by atoms with Gasteiger partial charge in [0.15, 0.2) is 9.84 Å². The highest BCUT2D eigenvalue weighted by atomic mass is 79.9. The van der Waals surface area contributed by atoms with Gasteiger partial charge in [0.1, 0.15) is 5.82 Å². The molecular formula is C18H17BrFNO3S. The van der Waals surface area contributed by atoms with Crippen LogP contribution in [0.3, 0.4) is 0 Å². The maximum atomic E-state index is 13.1. The number of nitrogens with one attached hydrogen (secondary N) is 1. The summed E-state index contributed by atoms with van der Waals surface area (Å²) in [6.45, 7) is 0. The molecule has 0 aliphatic heterocycles. The maximum absolute atomic E-state index is 13.1. The third-order valence-corrected chi connectivity index (χ3v) is 6.29. The van der Waals surface area contributed by atoms with Crippen molar-refractivity contribution in [2.45, 2.75) is 23.8 Å². The van der Waals surface area contributed by atoms with Gasteiger partial charge in [-0.25, -0.2) is 12.8 Å². The van der Waals surface area contributed by atoms with Gasteiger partial charge in [0, 0.05) is 16.3 Å². The molecule has 1 amide bonds. The monoisotopic (exact) mass is 425 g/mol. The van der Waals surface area contributed by atoms with Gasteiger partial charge >= 0.3 is 0 Å². The molecule has 0 saturated heterocycles. The van der Waals surface area contributed by atoms with Gasteiger partial charge in [0.25, 0.3) is 5.91 Å². The Morgan fingerprint density at radius 3 is 2.40 bits per heavy atom. The number of benzene rings is 2. The van der Waals surface area contributed by atoms with Crippen LogP contribution in [0.1, 0.15) is 34.8 Å². The van der Waals surface area contributed by atoms with Crippen LogP contribution < -0.4 is 5.32 Å². The first-order valence-corrected chi connectivity index (χ1v) is 10.5. The topological polar surface area (TPSA) is 63.2 Å². The summed E-state index contributed by atoms with van der Waals surface area (Å²) in [4.78, 5) is 12.7. The minimum absolute atomic E-state index is 0.0740. The highest BCUT2D eigenvalue weighted by Crippen LogP contribution is 2.41. The molecule has 1 N–H and O–H groups in total. The molecule has 1 saturated carbocycles. The van der Waals surface area contributed by atoms with E-state index in [1.54, 1.807) is 24.3 Å². The lowest BCUT2D eigenvalue weighted by atomic mass is 10.0. The van der Waals surface area contributed by atoms with E-state index in [1.165, 1.54) is 18.2 Å². The lowest BCUT2D eigenvalue weighted by Gasteiger charge is -2.19. The van der Waals surface area contributed by atoms with E-state index in [0.717, 1.165) is 24.7 Å². The van der Waals surface area contributed by atoms with Gasteiger partial charge in [0.05, 0.1) is 10.9 Å². The first-order chi connectivity index (χ1) is 11.8. The third-order valence-electron chi connectivity index (χ3n) is 4.20. The number of sulfone groups is 1. The Balaban J connectivity index is 1.86. The molecule has 0 heterocycles. The molecule has 0 radical (unpaired) electrons. The number of hydrogen-bond acceptors (Lipinski definition) is 3. The fourth-order valence-electron chi connectivity index (χ4n) is 2.73. The first-order valence-electron chi connectivity index (χ1n) is 7.81. The van der Waals surface area contributed by atoms with E-state index in [4.69, 9.17) is 0 Å². The van der Waals surface area contributed by atoms with Crippen molar-refractivity contribution >= 4 is 31.7 Å². The van der Waals surface area contributed by atoms with Crippen LogP contribution in [0.2, 0.25) is 0 Å². The van der Waals surface area contributed by atoms with Crippen molar-refractivity contribution in [1.29, 1.82) is 0 Å². The average Bonchev–Trinajstić information content (AvgIpc) is 3.37. The largest absolute Gasteiger partial charge is 0.345 e. The molecule has 25 heavy (non-hydrogen) atoms. The van der Waals surface area contributed by atoms with Gasteiger partial charge in [0.2, 0.25) is 0 Å². The van der Waals surface area contributed by atoms with E-state index in [2.05, 4.69) is 21.2 Å². The van der Waals surface area contributed by atoms with E-state index in [0.29, 0.717) is 10.4 Å². The van der Waals surface area contributed by atoms with Gasteiger partial charge < -0.3 is 5.32 Å². The Kier molecular flexibility index (Phi) is 4.97. The summed E-state index contributed by atoms with van der Waals surface area (Å²) in [6, 6.07) is 10.4. The predicted octanol–water partition coefficient (Wildman–Crippen LogP) is 3.87. The van der Waals surface area contributed by atoms with Crippen LogP contribution in [0, 0.1) is 11.7 Å². The first kappa shape index (κ1) is 18.1. The molecule has 4 nitrogen and oxygen atoms in total. The predicted molar refractivity (Wildman–Crippen MR) is 96.6 cm³/mol. The summed E-state index contributed by atoms with van der Waals surface area (Å²) in [5.74, 6) is -0.354. The summed E-state index contributed by atoms with van der Waals surface area (Å²) in [6.07, 6.45) is 3.09. The zero-order valence-electron chi connectivity index (χ0n) is 13.5. The Morgan fingerprint density at radius 2 is 1.84 bits per heavy atom. The lowest BCUT2D eigenvalue weighted by Crippen LogP contribution is -2.30. The van der Waals surface area contributed by atoms with E-state index >= 15 is 0 Å². The molecule has 1 unspecified atom stereocenters. The summed E-state index contributed by atoms with van der Waals surface area (Å²) in [5.41, 5.74) is 1.12. The summed E-state index contributed by atoms with van der Waals surface area (Å²) < 4.78 is 37.2. The van der Waals surface area contributed by atoms with Gasteiger partial charge in [-0.15, -0.1) is 0 Å². The quantitative estimate of drug-likeness (QED) is 0.790. The van der Waals surface area contributed by atoms with E-state index in [1.807, 2.05) is 0 Å². The second-order valence-electron chi connectivity index (χ2n) is 6.26. The molecule has 2 aromatic carbocycles. The number of carbonyl (C=O) groups is 1. The van der Waals surface area contributed by atoms with Crippen LogP contribution in [-0.2, 0) is 9.84 Å². The number of halogens is 2. The Labute approximate surface area is 154 Å². The van der Waals surface area contributed by atoms with Crippen LogP contribution >= 0.6 is 15.9 Å². The second kappa shape index (κ2) is 6.88. The van der Waals surface area contributed by atoms with Crippen molar-refractivity contribution in [3.05, 3.63) is 63.9 Å². The van der Waals surface area contributed by atoms with Crippen molar-refractivity contribution in [3.8, 4) is 0 Å². The van der Waals surface area contributed by atoms with Crippen LogP contribution in [0.4, 0.5) is 4.39 Å². The molecule has 1 fully saturated rings. The number of carbonyl (C=O) groups excluding carboxylic acids is 1. The summed E-state index contributed by atoms with van der Waals surface area (Å²) in [7, 11) is -3.45. The molecule has 2 aromatic rings. The zero-order valence-corrected chi connectivity index (χ0v) is 15.9. The minimum atomic E-state index is -3.45. The van der Waals surface area contributed by atoms with E-state index in [9.17, 15) is 17.6 Å². The maximum Gasteiger partial charge on any atom is 0.251 e. The molecule has 1 aliphatic carbocycles. The summed E-state index contributed by atoms with van der Waals surface area (Å²) >= 11 is 3.20. The van der Waals surface area contributed by atoms with Gasteiger partial charge in [-0.05, 0) is 70.6 Å². The molecule has 0 spiro atoms. The molecule has 0 bridgehead atoms. The third kappa shape index (κ3) is 4.27. The highest BCUT2D eigenvalue weighted by molar-refractivity contribution is 9.10. The average molecular weight is 426 g/mol. The molecule has 1 aliphatic rings. The second-order valence-corrected chi connectivity index (χ2v) is 9.10. The van der Waals surface area contributed by atoms with Crippen LogP contribution in [0.25, 0.3) is 0 Å². The molecule has 7 heteroatoms. The lowest BCUT2D eigenvalue weighted by molar-refractivity contribution is 0.0931. The number of rotatable bonds is 5. The van der Waals surface area contributed by atoms with Gasteiger partial charge in [-0.3, -0.25) is 4.79 Å². The standard InChI is InChI=1S/C18H17BrFNO3S/c1-25(23,24)16-10-13(6-9-15(16)19)18(22)21-17(11-2-3-11)12-4-7-14(20)8-5-12/h4-11,17H,2-3H2,1H3,(H,21,22). The van der Waals surface area contributed by atoms with Gasteiger partial charge in [-0.2, -0.15) is 0 Å². The molecule has 132 valence electrons. The van der Waals surface area contributed by atoms with E-state index < -0.39 is 9.84 Å². The fourth-order valence-corrected chi connectivity index (χ4v) is 4.62. The SMILES string of the molecule is CS(=O)(=O)c1cc(C(=O)NC(c2ccc(F)cc2)C2CC2)ccc1Br. The number of amides is 1. The fraction of sp³-hybridized carbons (Fsp3) is 0.278. The molecule has 1 atom stereocenters. The Bertz CT molecular complexity index is 908. The van der Waals surface area contributed by atoms with Crippen molar-refractivity contribution in [3.63, 3.8) is 0 Å². The van der Waals surface area contributed by atoms with Crippen molar-refractivity contribution in [2.75, 3.05) is 6.26 Å². The Hall–Kier alpha value is -1.73. The molecule has 3 rings (SSSR count). The number of hydrogen-bond donors (Lipinski definition) is 1. The van der Waals surface area contributed by atoms with Crippen LogP contribution in [0.15, 0.2) is 51.8 Å². The van der Waals surface area contributed by atoms with Crippen molar-refractivity contribution < 1.29 is 17.6 Å². The summed E-state index contributed by atoms with van der Waals surface area (Å²) in [5, 5.41) is 2.96. The smallest absolute Gasteiger partial charge is 0.251 e. The highest BCUT2D eigenvalue weighted by Gasteiger charge is 2.33. The van der Waals surface area contributed by atoms with Crippen molar-refractivity contribution in [1.82, 2.24) is 5.32 Å². The van der Waals surface area contributed by atoms with E-state index in [-0.39, 0.29) is 28.2 Å². The van der Waals surface area contributed by atoms with Gasteiger partial charge in [-0.1, -0.05) is 12.1 Å². The zero-order chi connectivity index (χ0) is 18.2. The molecular weight excluding hydrogens is 409 g/mol. The van der Waals surface area contributed by atoms with Crippen molar-refractivity contribution in [2.24, 2.45) is 5.92 Å².